The van der Waals surface area contributed by atoms with Crippen LogP contribution in [0.25, 0.3) is 22.8 Å². The highest BCUT2D eigenvalue weighted by atomic mass is 16.5. The van der Waals surface area contributed by atoms with Crippen molar-refractivity contribution in [2.24, 2.45) is 0 Å². The van der Waals surface area contributed by atoms with Crippen molar-refractivity contribution in [2.45, 2.75) is 39.5 Å². The van der Waals surface area contributed by atoms with Crippen molar-refractivity contribution in [3.63, 3.8) is 0 Å². The molecule has 7 heteroatoms. The molecule has 0 saturated heterocycles. The van der Waals surface area contributed by atoms with E-state index in [9.17, 15) is 0 Å². The van der Waals surface area contributed by atoms with Gasteiger partial charge in [0.05, 0.1) is 49.2 Å². The van der Waals surface area contributed by atoms with E-state index in [-0.39, 0.29) is 0 Å². The molecule has 0 N–H and O–H groups in total. The second-order valence-corrected chi connectivity index (χ2v) is 9.58. The van der Waals surface area contributed by atoms with E-state index in [0.717, 1.165) is 48.5 Å². The first-order valence-electron chi connectivity index (χ1n) is 13.7. The first-order chi connectivity index (χ1) is 19.2. The number of pyridine rings is 4. The van der Waals surface area contributed by atoms with Crippen molar-refractivity contribution in [3.8, 4) is 22.8 Å². The number of rotatable bonds is 16. The average Bonchev–Trinajstić information content (AvgIpc) is 2.96. The fraction of sp³-hybridized carbons (Fsp3) is 0.375. The van der Waals surface area contributed by atoms with Gasteiger partial charge in [0.2, 0.25) is 0 Å². The van der Waals surface area contributed by atoms with Gasteiger partial charge >= 0.3 is 0 Å². The number of aromatic nitrogens is 4. The van der Waals surface area contributed by atoms with E-state index in [1.54, 1.807) is 0 Å². The molecule has 4 aromatic rings. The summed E-state index contributed by atoms with van der Waals surface area (Å²) in [6.07, 6.45) is 11.1. The van der Waals surface area contributed by atoms with E-state index >= 15 is 0 Å². The number of ether oxygens (including phenoxy) is 3. The number of hydrogen-bond acceptors (Lipinski definition) is 7. The normalized spacial score (nSPS) is 11.1. The zero-order chi connectivity index (χ0) is 27.1. The minimum Gasteiger partial charge on any atom is -0.379 e. The summed E-state index contributed by atoms with van der Waals surface area (Å²) >= 11 is 0. The van der Waals surface area contributed by atoms with Gasteiger partial charge in [0.1, 0.15) is 0 Å². The Labute approximate surface area is 231 Å². The molecular formula is C32H38N4O3. The summed E-state index contributed by atoms with van der Waals surface area (Å²) in [4.78, 5) is 17.8. The van der Waals surface area contributed by atoms with Gasteiger partial charge in [0.25, 0.3) is 0 Å². The van der Waals surface area contributed by atoms with Crippen molar-refractivity contribution in [1.82, 2.24) is 19.9 Å². The molecule has 0 fully saturated rings. The summed E-state index contributed by atoms with van der Waals surface area (Å²) in [5, 5.41) is 0. The number of nitrogens with zero attached hydrogens (tertiary/aromatic N) is 4. The van der Waals surface area contributed by atoms with Crippen LogP contribution in [0.4, 0.5) is 0 Å². The first-order valence-corrected chi connectivity index (χ1v) is 13.7. The van der Waals surface area contributed by atoms with Crippen LogP contribution in [0.3, 0.4) is 0 Å². The largest absolute Gasteiger partial charge is 0.379 e. The Morgan fingerprint density at radius 3 is 1.23 bits per heavy atom. The van der Waals surface area contributed by atoms with Crippen LogP contribution in [-0.2, 0) is 27.1 Å². The highest BCUT2D eigenvalue weighted by Gasteiger charge is 2.04. The Bertz CT molecular complexity index is 1200. The summed E-state index contributed by atoms with van der Waals surface area (Å²) in [5.74, 6) is 0. The predicted molar refractivity (Wildman–Crippen MR) is 154 cm³/mol. The lowest BCUT2D eigenvalue weighted by Gasteiger charge is -2.08. The number of aryl methyl sites for hydroxylation is 4. The molecule has 0 atom stereocenters. The maximum Gasteiger partial charge on any atom is 0.0888 e. The first kappa shape index (κ1) is 28.5. The summed E-state index contributed by atoms with van der Waals surface area (Å²) in [7, 11) is 0. The molecule has 0 aromatic carbocycles. The summed E-state index contributed by atoms with van der Waals surface area (Å²) in [6.45, 7) is 7.88. The van der Waals surface area contributed by atoms with Gasteiger partial charge in [-0.15, -0.1) is 0 Å². The Morgan fingerprint density at radius 1 is 0.462 bits per heavy atom. The molecule has 0 unspecified atom stereocenters. The fourth-order valence-electron chi connectivity index (χ4n) is 4.19. The third-order valence-corrected chi connectivity index (χ3v) is 6.26. The molecule has 0 aliphatic rings. The third kappa shape index (κ3) is 9.94. The van der Waals surface area contributed by atoms with Crippen LogP contribution in [-0.4, -0.2) is 59.6 Å². The zero-order valence-electron chi connectivity index (χ0n) is 23.0. The standard InChI is InChI=1S/C32H38N4O3/c1-25-7-11-33-29(21-25)31-23-27(9-13-35-31)5-3-15-37-17-19-39-20-18-38-16-4-6-28-10-14-36-32(24-28)30-22-26(2)8-12-34-30/h7-14,21-24H,3-6,15-20H2,1-2H3. The van der Waals surface area contributed by atoms with E-state index in [1.807, 2.05) is 36.9 Å². The van der Waals surface area contributed by atoms with Crippen LogP contribution in [0.5, 0.6) is 0 Å². The van der Waals surface area contributed by atoms with Crippen molar-refractivity contribution in [2.75, 3.05) is 39.6 Å². The molecule has 0 amide bonds. The van der Waals surface area contributed by atoms with Crippen LogP contribution < -0.4 is 0 Å². The van der Waals surface area contributed by atoms with Crippen molar-refractivity contribution in [3.05, 3.63) is 95.6 Å². The summed E-state index contributed by atoms with van der Waals surface area (Å²) < 4.78 is 17.1. The van der Waals surface area contributed by atoms with E-state index in [2.05, 4.69) is 70.2 Å². The van der Waals surface area contributed by atoms with Gasteiger partial charge in [-0.05, 0) is 110 Å². The second-order valence-electron chi connectivity index (χ2n) is 9.58. The monoisotopic (exact) mass is 526 g/mol. The van der Waals surface area contributed by atoms with Crippen LogP contribution in [0.1, 0.15) is 35.1 Å². The van der Waals surface area contributed by atoms with Crippen LogP contribution in [0, 0.1) is 13.8 Å². The lowest BCUT2D eigenvalue weighted by molar-refractivity contribution is 0.0138. The smallest absolute Gasteiger partial charge is 0.0888 e. The van der Waals surface area contributed by atoms with E-state index in [4.69, 9.17) is 14.2 Å². The SMILES string of the molecule is Cc1ccnc(-c2cc(CCCOCCOCCOCCCc3ccnc(-c4cc(C)ccn4)c3)ccn2)c1. The summed E-state index contributed by atoms with van der Waals surface area (Å²) in [6, 6.07) is 16.4. The molecule has 0 aliphatic carbocycles. The molecule has 204 valence electrons. The van der Waals surface area contributed by atoms with Crippen LogP contribution in [0.2, 0.25) is 0 Å². The summed E-state index contributed by atoms with van der Waals surface area (Å²) in [5.41, 5.74) is 8.50. The molecule has 39 heavy (non-hydrogen) atoms. The van der Waals surface area contributed by atoms with Crippen molar-refractivity contribution < 1.29 is 14.2 Å². The Hall–Kier alpha value is -3.52. The lowest BCUT2D eigenvalue weighted by atomic mass is 10.1. The van der Waals surface area contributed by atoms with Gasteiger partial charge in [-0.3, -0.25) is 19.9 Å². The molecule has 4 aromatic heterocycles. The quantitative estimate of drug-likeness (QED) is 0.170. The second kappa shape index (κ2) is 15.8. The molecule has 0 bridgehead atoms. The predicted octanol–water partition coefficient (Wildman–Crippen LogP) is 5.83. The Morgan fingerprint density at radius 2 is 0.821 bits per heavy atom. The molecule has 4 heterocycles. The molecule has 0 spiro atoms. The van der Waals surface area contributed by atoms with E-state index < -0.39 is 0 Å². The Kier molecular flexibility index (Phi) is 11.5. The van der Waals surface area contributed by atoms with Gasteiger partial charge in [0.15, 0.2) is 0 Å². The fourth-order valence-corrected chi connectivity index (χ4v) is 4.19. The molecule has 0 radical (unpaired) electrons. The van der Waals surface area contributed by atoms with E-state index in [1.165, 1.54) is 22.3 Å². The molecule has 4 rings (SSSR count). The van der Waals surface area contributed by atoms with Crippen molar-refractivity contribution in [1.29, 1.82) is 0 Å². The topological polar surface area (TPSA) is 79.2 Å². The van der Waals surface area contributed by atoms with Gasteiger partial charge in [-0.1, -0.05) is 0 Å². The van der Waals surface area contributed by atoms with E-state index in [0.29, 0.717) is 39.6 Å². The minimum absolute atomic E-state index is 0.578. The molecule has 0 saturated carbocycles. The van der Waals surface area contributed by atoms with Crippen LogP contribution in [0.15, 0.2) is 73.3 Å². The zero-order valence-corrected chi connectivity index (χ0v) is 23.0. The third-order valence-electron chi connectivity index (χ3n) is 6.26. The molecular weight excluding hydrogens is 488 g/mol. The maximum absolute atomic E-state index is 5.72. The average molecular weight is 527 g/mol. The highest BCUT2D eigenvalue weighted by molar-refractivity contribution is 5.56. The number of hydrogen-bond donors (Lipinski definition) is 0. The minimum atomic E-state index is 0.578. The Balaban J connectivity index is 0.998. The molecule has 0 aliphatic heterocycles. The van der Waals surface area contributed by atoms with Gasteiger partial charge in [0, 0.05) is 38.0 Å². The maximum atomic E-state index is 5.72. The van der Waals surface area contributed by atoms with Gasteiger partial charge < -0.3 is 14.2 Å². The van der Waals surface area contributed by atoms with Crippen LogP contribution >= 0.6 is 0 Å². The van der Waals surface area contributed by atoms with Gasteiger partial charge in [-0.2, -0.15) is 0 Å². The van der Waals surface area contributed by atoms with Gasteiger partial charge in [-0.25, -0.2) is 0 Å². The lowest BCUT2D eigenvalue weighted by Crippen LogP contribution is -2.10. The molecule has 7 nitrogen and oxygen atoms in total. The van der Waals surface area contributed by atoms with Crippen molar-refractivity contribution >= 4 is 0 Å². The highest BCUT2D eigenvalue weighted by Crippen LogP contribution is 2.18.